The van der Waals surface area contributed by atoms with Crippen molar-refractivity contribution in [2.75, 3.05) is 36.7 Å². The third-order valence-corrected chi connectivity index (χ3v) is 4.94. The van der Waals surface area contributed by atoms with Crippen molar-refractivity contribution in [3.63, 3.8) is 0 Å². The second kappa shape index (κ2) is 11.2. The lowest BCUT2D eigenvalue weighted by atomic mass is 10.1. The number of ether oxygens (including phenoxy) is 2. The molecule has 3 rings (SSSR count). The first-order valence-electron chi connectivity index (χ1n) is 9.98. The Morgan fingerprint density at radius 1 is 0.879 bits per heavy atom. The molecule has 0 bridgehead atoms. The quantitative estimate of drug-likeness (QED) is 0.420. The van der Waals surface area contributed by atoms with E-state index in [0.717, 1.165) is 5.56 Å². The minimum absolute atomic E-state index is 0.0189. The van der Waals surface area contributed by atoms with Crippen molar-refractivity contribution in [3.8, 4) is 11.5 Å². The second-order valence-electron chi connectivity index (χ2n) is 6.99. The summed E-state index contributed by atoms with van der Waals surface area (Å²) in [6.45, 7) is -0.114. The fourth-order valence-corrected chi connectivity index (χ4v) is 3.27. The predicted octanol–water partition coefficient (Wildman–Crippen LogP) is 4.73. The van der Waals surface area contributed by atoms with Crippen LogP contribution in [0.1, 0.15) is 5.56 Å². The molecule has 0 spiro atoms. The summed E-state index contributed by atoms with van der Waals surface area (Å²) in [6.07, 6.45) is 0.118. The van der Waals surface area contributed by atoms with E-state index in [1.807, 2.05) is 30.3 Å². The molecule has 7 nitrogen and oxygen atoms in total. The van der Waals surface area contributed by atoms with Crippen molar-refractivity contribution in [2.45, 2.75) is 6.42 Å². The molecule has 0 unspecified atom stereocenters. The zero-order valence-corrected chi connectivity index (χ0v) is 18.8. The molecular weight excluding hydrogens is 449 g/mol. The Hall–Kier alpha value is -3.78. The Balaban J connectivity index is 1.61. The van der Waals surface area contributed by atoms with Gasteiger partial charge in [-0.2, -0.15) is 0 Å². The van der Waals surface area contributed by atoms with Crippen LogP contribution in [0.4, 0.5) is 21.5 Å². The summed E-state index contributed by atoms with van der Waals surface area (Å²) in [5.41, 5.74) is 1.68. The van der Waals surface area contributed by atoms with Gasteiger partial charge in [-0.15, -0.1) is 0 Å². The van der Waals surface area contributed by atoms with E-state index in [-0.39, 0.29) is 30.5 Å². The first-order valence-corrected chi connectivity index (χ1v) is 10.4. The molecule has 0 saturated carbocycles. The molecule has 9 heteroatoms. The number of halogens is 2. The number of carbonyl (C=O) groups excluding carboxylic acids is 2. The van der Waals surface area contributed by atoms with Gasteiger partial charge in [-0.3, -0.25) is 9.59 Å². The average Bonchev–Trinajstić information content (AvgIpc) is 2.81. The lowest BCUT2D eigenvalue weighted by molar-refractivity contribution is -0.116. The van der Waals surface area contributed by atoms with Gasteiger partial charge in [0, 0.05) is 17.8 Å². The van der Waals surface area contributed by atoms with Gasteiger partial charge in [-0.05, 0) is 23.8 Å². The van der Waals surface area contributed by atoms with Gasteiger partial charge >= 0.3 is 0 Å². The molecule has 0 aliphatic carbocycles. The number of carbonyl (C=O) groups is 2. The largest absolute Gasteiger partial charge is 0.495 e. The maximum atomic E-state index is 14.2. The molecule has 0 heterocycles. The van der Waals surface area contributed by atoms with Gasteiger partial charge in [0.15, 0.2) is 0 Å². The smallest absolute Gasteiger partial charge is 0.243 e. The van der Waals surface area contributed by atoms with Crippen LogP contribution in [-0.2, 0) is 16.0 Å². The summed E-state index contributed by atoms with van der Waals surface area (Å²) in [7, 11) is 2.92. The zero-order valence-electron chi connectivity index (χ0n) is 18.1. The highest BCUT2D eigenvalue weighted by Crippen LogP contribution is 2.35. The van der Waals surface area contributed by atoms with Crippen LogP contribution in [0.3, 0.4) is 0 Å². The lowest BCUT2D eigenvalue weighted by Crippen LogP contribution is -2.22. The second-order valence-corrected chi connectivity index (χ2v) is 7.40. The monoisotopic (exact) mass is 471 g/mol. The van der Waals surface area contributed by atoms with Crippen molar-refractivity contribution >= 4 is 40.5 Å². The maximum absolute atomic E-state index is 14.2. The number of rotatable bonds is 9. The van der Waals surface area contributed by atoms with Gasteiger partial charge < -0.3 is 25.4 Å². The summed E-state index contributed by atoms with van der Waals surface area (Å²) in [5.74, 6) is -0.547. The molecule has 3 aromatic carbocycles. The standard InChI is InChI=1S/C24H23ClFN3O4/c1-32-21-13-20(22(33-2)12-17(21)25)29-24(31)14-27-16-8-9-18(26)19(11-16)28-23(30)10-15-6-4-3-5-7-15/h3-9,11-13,27H,10,14H2,1-2H3,(H,28,30)(H,29,31). The third-order valence-electron chi connectivity index (χ3n) is 4.65. The first-order chi connectivity index (χ1) is 15.9. The average molecular weight is 472 g/mol. The molecule has 0 atom stereocenters. The molecule has 0 saturated heterocycles. The number of methoxy groups -OCH3 is 2. The summed E-state index contributed by atoms with van der Waals surface area (Å²) in [5, 5.41) is 8.52. The Labute approximate surface area is 195 Å². The van der Waals surface area contributed by atoms with Crippen molar-refractivity contribution in [1.82, 2.24) is 0 Å². The van der Waals surface area contributed by atoms with Gasteiger partial charge in [0.25, 0.3) is 0 Å². The van der Waals surface area contributed by atoms with Crippen molar-refractivity contribution < 1.29 is 23.5 Å². The fourth-order valence-electron chi connectivity index (χ4n) is 3.04. The van der Waals surface area contributed by atoms with Gasteiger partial charge in [-0.1, -0.05) is 41.9 Å². The minimum Gasteiger partial charge on any atom is -0.495 e. The molecule has 172 valence electrons. The van der Waals surface area contributed by atoms with Crippen LogP contribution in [-0.4, -0.2) is 32.6 Å². The predicted molar refractivity (Wildman–Crippen MR) is 127 cm³/mol. The number of hydrogen-bond acceptors (Lipinski definition) is 5. The molecule has 0 fully saturated rings. The number of benzene rings is 3. The topological polar surface area (TPSA) is 88.7 Å². The number of nitrogens with one attached hydrogen (secondary N) is 3. The minimum atomic E-state index is -0.579. The molecule has 2 amide bonds. The van der Waals surface area contributed by atoms with Crippen molar-refractivity contribution in [2.24, 2.45) is 0 Å². The van der Waals surface area contributed by atoms with Crippen LogP contribution >= 0.6 is 11.6 Å². The maximum Gasteiger partial charge on any atom is 0.243 e. The van der Waals surface area contributed by atoms with Crippen LogP contribution < -0.4 is 25.4 Å². The molecular formula is C24H23ClFN3O4. The molecule has 0 radical (unpaired) electrons. The summed E-state index contributed by atoms with van der Waals surface area (Å²) >= 11 is 6.08. The fraction of sp³-hybridized carbons (Fsp3) is 0.167. The third kappa shape index (κ3) is 6.60. The highest BCUT2D eigenvalue weighted by atomic mass is 35.5. The van der Waals surface area contributed by atoms with Gasteiger partial charge in [0.2, 0.25) is 11.8 Å². The van der Waals surface area contributed by atoms with E-state index >= 15 is 0 Å². The SMILES string of the molecule is COc1cc(NC(=O)CNc2ccc(F)c(NC(=O)Cc3ccccc3)c2)c(OC)cc1Cl. The van der Waals surface area contributed by atoms with E-state index < -0.39 is 5.82 Å². The van der Waals surface area contributed by atoms with E-state index in [4.69, 9.17) is 21.1 Å². The van der Waals surface area contributed by atoms with Crippen LogP contribution in [0.15, 0.2) is 60.7 Å². The van der Waals surface area contributed by atoms with E-state index in [1.54, 1.807) is 6.07 Å². The molecule has 33 heavy (non-hydrogen) atoms. The van der Waals surface area contributed by atoms with Gasteiger partial charge in [-0.25, -0.2) is 4.39 Å². The van der Waals surface area contributed by atoms with Crippen LogP contribution in [0, 0.1) is 5.82 Å². The Morgan fingerprint density at radius 2 is 1.58 bits per heavy atom. The van der Waals surface area contributed by atoms with E-state index in [1.165, 1.54) is 38.5 Å². The Bertz CT molecular complexity index is 1140. The summed E-state index contributed by atoms with van der Waals surface area (Å²) in [4.78, 5) is 24.7. The number of hydrogen-bond donors (Lipinski definition) is 3. The van der Waals surface area contributed by atoms with Crippen molar-refractivity contribution in [1.29, 1.82) is 0 Å². The van der Waals surface area contributed by atoms with Crippen LogP contribution in [0.5, 0.6) is 11.5 Å². The van der Waals surface area contributed by atoms with Crippen LogP contribution in [0.25, 0.3) is 0 Å². The molecule has 0 aliphatic heterocycles. The molecule has 0 aromatic heterocycles. The Morgan fingerprint density at radius 3 is 2.27 bits per heavy atom. The normalized spacial score (nSPS) is 10.3. The highest BCUT2D eigenvalue weighted by Gasteiger charge is 2.13. The van der Waals surface area contributed by atoms with Crippen LogP contribution in [0.2, 0.25) is 5.02 Å². The number of amides is 2. The summed E-state index contributed by atoms with van der Waals surface area (Å²) < 4.78 is 24.6. The van der Waals surface area contributed by atoms with E-state index in [2.05, 4.69) is 16.0 Å². The molecule has 3 aromatic rings. The van der Waals surface area contributed by atoms with E-state index in [9.17, 15) is 14.0 Å². The zero-order chi connectivity index (χ0) is 23.8. The van der Waals surface area contributed by atoms with E-state index in [0.29, 0.717) is 27.9 Å². The summed E-state index contributed by atoms with van der Waals surface area (Å²) in [6, 6.07) is 16.3. The Kier molecular flexibility index (Phi) is 8.10. The number of anilines is 3. The van der Waals surface area contributed by atoms with Gasteiger partial charge in [0.05, 0.1) is 43.6 Å². The van der Waals surface area contributed by atoms with Gasteiger partial charge in [0.1, 0.15) is 17.3 Å². The molecule has 3 N–H and O–H groups in total. The first kappa shape index (κ1) is 23.9. The lowest BCUT2D eigenvalue weighted by Gasteiger charge is -2.14. The van der Waals surface area contributed by atoms with Crippen molar-refractivity contribution in [3.05, 3.63) is 77.1 Å². The highest BCUT2D eigenvalue weighted by molar-refractivity contribution is 6.32. The molecule has 0 aliphatic rings.